The number of thiazole rings is 1. The molecule has 3 heterocycles. The molecule has 10 heteroatoms. The van der Waals surface area contributed by atoms with E-state index in [0.29, 0.717) is 54.9 Å². The van der Waals surface area contributed by atoms with Gasteiger partial charge in [-0.05, 0) is 55.8 Å². The molecule has 1 atom stereocenters. The highest BCUT2D eigenvalue weighted by molar-refractivity contribution is 9.10. The summed E-state index contributed by atoms with van der Waals surface area (Å²) in [4.78, 5) is 32.7. The molecule has 40 heavy (non-hydrogen) atoms. The first-order valence-electron chi connectivity index (χ1n) is 12.8. The fraction of sp³-hybridized carbons (Fsp3) is 0.233. The van der Waals surface area contributed by atoms with Crippen molar-refractivity contribution < 1.29 is 18.7 Å². The van der Waals surface area contributed by atoms with Gasteiger partial charge in [-0.1, -0.05) is 64.3 Å². The number of allylic oxidation sites excluding steroid dienone is 1. The molecule has 0 radical (unpaired) electrons. The lowest BCUT2D eigenvalue weighted by molar-refractivity contribution is -0.139. The van der Waals surface area contributed by atoms with Crippen LogP contribution in [0.3, 0.4) is 0 Å². The second-order valence-corrected chi connectivity index (χ2v) is 11.4. The number of furan rings is 1. The molecule has 4 aromatic rings. The van der Waals surface area contributed by atoms with Crippen LogP contribution in [-0.2, 0) is 9.53 Å². The normalized spacial score (nSPS) is 15.1. The maximum atomic E-state index is 14.0. The Labute approximate surface area is 248 Å². The molecule has 5 rings (SSSR count). The van der Waals surface area contributed by atoms with Gasteiger partial charge >= 0.3 is 5.97 Å². The van der Waals surface area contributed by atoms with Crippen LogP contribution in [-0.4, -0.2) is 24.3 Å². The van der Waals surface area contributed by atoms with E-state index < -0.39 is 12.0 Å². The Balaban J connectivity index is 1.72. The molecule has 0 saturated heterocycles. The summed E-state index contributed by atoms with van der Waals surface area (Å²) in [6.07, 6.45) is 3.01. The second-order valence-electron chi connectivity index (χ2n) is 9.01. The van der Waals surface area contributed by atoms with Crippen molar-refractivity contribution >= 4 is 50.9 Å². The van der Waals surface area contributed by atoms with Crippen molar-refractivity contribution in [1.29, 1.82) is 0 Å². The third-order valence-electron chi connectivity index (χ3n) is 6.39. The predicted molar refractivity (Wildman–Crippen MR) is 159 cm³/mol. The number of methoxy groups -OCH3 is 1. The smallest absolute Gasteiger partial charge is 0.338 e. The molecule has 0 amide bonds. The van der Waals surface area contributed by atoms with E-state index in [1.807, 2.05) is 43.3 Å². The average Bonchev–Trinajstić information content (AvgIpc) is 3.52. The van der Waals surface area contributed by atoms with Gasteiger partial charge in [0.2, 0.25) is 0 Å². The first-order valence-corrected chi connectivity index (χ1v) is 14.7. The maximum Gasteiger partial charge on any atom is 0.338 e. The zero-order valence-electron chi connectivity index (χ0n) is 22.1. The number of rotatable bonds is 8. The first-order chi connectivity index (χ1) is 19.3. The minimum Gasteiger partial charge on any atom is -0.496 e. The zero-order chi connectivity index (χ0) is 28.4. The van der Waals surface area contributed by atoms with Gasteiger partial charge in [0.25, 0.3) is 5.56 Å². The molecule has 0 fully saturated rings. The number of ether oxygens (including phenoxy) is 2. The average molecular weight is 642 g/mol. The molecule has 206 valence electrons. The number of carbonyl (C=O) groups excluding carboxylic acids is 1. The molecular formula is C30H26BrClN2O5S. The molecule has 1 aliphatic rings. The van der Waals surface area contributed by atoms with Gasteiger partial charge in [-0.25, -0.2) is 9.79 Å². The van der Waals surface area contributed by atoms with Gasteiger partial charge in [0, 0.05) is 26.7 Å². The Morgan fingerprint density at radius 2 is 2.02 bits per heavy atom. The molecule has 0 aliphatic carbocycles. The second kappa shape index (κ2) is 12.0. The van der Waals surface area contributed by atoms with E-state index in [1.54, 1.807) is 42.9 Å². The largest absolute Gasteiger partial charge is 0.496 e. The first kappa shape index (κ1) is 28.1. The molecule has 2 aromatic heterocycles. The van der Waals surface area contributed by atoms with Crippen molar-refractivity contribution in [2.75, 3.05) is 13.7 Å². The van der Waals surface area contributed by atoms with Crippen LogP contribution < -0.4 is 19.6 Å². The summed E-state index contributed by atoms with van der Waals surface area (Å²) < 4.78 is 19.9. The number of hydrogen-bond donors (Lipinski definition) is 0. The van der Waals surface area contributed by atoms with Gasteiger partial charge in [0.05, 0.1) is 29.5 Å². The number of aromatic nitrogens is 1. The Kier molecular flexibility index (Phi) is 8.44. The van der Waals surface area contributed by atoms with Crippen LogP contribution in [0.5, 0.6) is 5.75 Å². The summed E-state index contributed by atoms with van der Waals surface area (Å²) in [6.45, 7) is 3.97. The van der Waals surface area contributed by atoms with Crippen molar-refractivity contribution in [3.63, 3.8) is 0 Å². The molecule has 1 aliphatic heterocycles. The highest BCUT2D eigenvalue weighted by Crippen LogP contribution is 2.38. The standard InChI is InChI=1S/C30H26BrClN2O5S/c1-4-7-22-26(29(36)38-5-2)27(21-15-18(31)10-12-24(21)37-3)34-28(35)25(40-30(34)33-22)16-20-11-13-23(39-20)17-8-6-9-19(32)14-17/h6,8-16,27H,4-5,7H2,1-3H3/b25-16+/t27-/m1/s1. The molecule has 0 bridgehead atoms. The van der Waals surface area contributed by atoms with Crippen LogP contribution in [0.1, 0.15) is 44.1 Å². The number of carbonyl (C=O) groups is 1. The van der Waals surface area contributed by atoms with Gasteiger partial charge in [-0.3, -0.25) is 9.36 Å². The summed E-state index contributed by atoms with van der Waals surface area (Å²) in [5, 5.41) is 0.604. The fourth-order valence-electron chi connectivity index (χ4n) is 4.69. The number of fused-ring (bicyclic) bond motifs is 1. The molecule has 0 saturated carbocycles. The van der Waals surface area contributed by atoms with Gasteiger partial charge in [-0.2, -0.15) is 0 Å². The van der Waals surface area contributed by atoms with E-state index in [4.69, 9.17) is 30.5 Å². The van der Waals surface area contributed by atoms with Crippen LogP contribution in [0.25, 0.3) is 17.4 Å². The lowest BCUT2D eigenvalue weighted by Gasteiger charge is -2.27. The number of halogens is 2. The zero-order valence-corrected chi connectivity index (χ0v) is 25.2. The summed E-state index contributed by atoms with van der Waals surface area (Å²) in [5.41, 5.74) is 2.12. The van der Waals surface area contributed by atoms with Gasteiger partial charge in [-0.15, -0.1) is 0 Å². The summed E-state index contributed by atoms with van der Waals surface area (Å²) in [6, 6.07) is 15.7. The molecule has 0 N–H and O–H groups in total. The Morgan fingerprint density at radius 1 is 1.20 bits per heavy atom. The van der Waals surface area contributed by atoms with E-state index in [0.717, 1.165) is 16.5 Å². The SMILES string of the molecule is CCCC1=C(C(=O)OCC)[C@@H](c2cc(Br)ccc2OC)n2c(s/c(=C/c3ccc(-c4cccc(Cl)c4)o3)c2=O)=N1. The van der Waals surface area contributed by atoms with Gasteiger partial charge in [0.15, 0.2) is 4.80 Å². The van der Waals surface area contributed by atoms with E-state index in [2.05, 4.69) is 15.9 Å². The topological polar surface area (TPSA) is 83.0 Å². The van der Waals surface area contributed by atoms with E-state index in [1.165, 1.54) is 11.3 Å². The minimum absolute atomic E-state index is 0.196. The third kappa shape index (κ3) is 5.46. The summed E-state index contributed by atoms with van der Waals surface area (Å²) >= 11 is 10.9. The van der Waals surface area contributed by atoms with Crippen LogP contribution in [0.15, 0.2) is 84.5 Å². The summed E-state index contributed by atoms with van der Waals surface area (Å²) in [7, 11) is 1.56. The Bertz CT molecular complexity index is 1800. The highest BCUT2D eigenvalue weighted by Gasteiger charge is 2.36. The third-order valence-corrected chi connectivity index (χ3v) is 8.10. The highest BCUT2D eigenvalue weighted by atomic mass is 79.9. The fourth-order valence-corrected chi connectivity index (χ4v) is 6.26. The van der Waals surface area contributed by atoms with Crippen LogP contribution in [0.2, 0.25) is 5.02 Å². The van der Waals surface area contributed by atoms with Crippen LogP contribution in [0, 0.1) is 0 Å². The van der Waals surface area contributed by atoms with Crippen molar-refractivity contribution in [3.05, 3.63) is 106 Å². The van der Waals surface area contributed by atoms with E-state index in [-0.39, 0.29) is 12.2 Å². The van der Waals surface area contributed by atoms with Crippen molar-refractivity contribution in [2.45, 2.75) is 32.7 Å². The van der Waals surface area contributed by atoms with Crippen molar-refractivity contribution in [3.8, 4) is 17.1 Å². The Morgan fingerprint density at radius 3 is 2.75 bits per heavy atom. The van der Waals surface area contributed by atoms with Gasteiger partial charge in [0.1, 0.15) is 23.3 Å². The van der Waals surface area contributed by atoms with Gasteiger partial charge < -0.3 is 13.9 Å². The lowest BCUT2D eigenvalue weighted by atomic mass is 9.93. The number of nitrogens with zero attached hydrogens (tertiary/aromatic N) is 2. The van der Waals surface area contributed by atoms with E-state index >= 15 is 0 Å². The summed E-state index contributed by atoms with van der Waals surface area (Å²) in [5.74, 6) is 1.18. The molecule has 7 nitrogen and oxygen atoms in total. The monoisotopic (exact) mass is 640 g/mol. The predicted octanol–water partition coefficient (Wildman–Crippen LogP) is 6.26. The number of esters is 1. The van der Waals surface area contributed by atoms with Crippen LogP contribution in [0.4, 0.5) is 0 Å². The van der Waals surface area contributed by atoms with Crippen molar-refractivity contribution in [1.82, 2.24) is 4.57 Å². The minimum atomic E-state index is -0.787. The molecule has 2 aromatic carbocycles. The maximum absolute atomic E-state index is 14.0. The number of hydrogen-bond acceptors (Lipinski definition) is 7. The Hall–Kier alpha value is -3.40. The number of benzene rings is 2. The van der Waals surface area contributed by atoms with Crippen molar-refractivity contribution in [2.24, 2.45) is 4.99 Å². The lowest BCUT2D eigenvalue weighted by Crippen LogP contribution is -2.40. The van der Waals surface area contributed by atoms with Crippen LogP contribution >= 0.6 is 38.9 Å². The molecular weight excluding hydrogens is 616 g/mol. The quantitative estimate of drug-likeness (QED) is 0.212. The molecule has 0 spiro atoms. The molecule has 0 unspecified atom stereocenters. The van der Waals surface area contributed by atoms with E-state index in [9.17, 15) is 9.59 Å².